The predicted molar refractivity (Wildman–Crippen MR) is 71.6 cm³/mol. The Morgan fingerprint density at radius 2 is 2.17 bits per heavy atom. The van der Waals surface area contributed by atoms with Crippen LogP contribution in [0.3, 0.4) is 0 Å². The molecule has 0 aromatic heterocycles. The van der Waals surface area contributed by atoms with E-state index in [0.717, 1.165) is 18.7 Å². The molecule has 0 spiro atoms. The fraction of sp³-hybridized carbons (Fsp3) is 0.533. The number of rotatable bonds is 3. The van der Waals surface area contributed by atoms with Crippen LogP contribution in [0, 0.1) is 5.92 Å². The summed E-state index contributed by atoms with van der Waals surface area (Å²) in [5, 5.41) is 0. The van der Waals surface area contributed by atoms with Crippen molar-refractivity contribution < 1.29 is 9.53 Å². The van der Waals surface area contributed by atoms with E-state index in [0.29, 0.717) is 13.2 Å². The molecule has 3 nitrogen and oxygen atoms in total. The number of hydrogen-bond donors (Lipinski definition) is 0. The number of hydrogen-bond acceptors (Lipinski definition) is 2. The molecule has 1 aliphatic rings. The number of carbonyl (C=O) groups is 1. The van der Waals surface area contributed by atoms with Gasteiger partial charge in [0.05, 0.1) is 6.61 Å². The first kappa shape index (κ1) is 12.9. The van der Waals surface area contributed by atoms with Crippen molar-refractivity contribution in [1.82, 2.24) is 4.90 Å². The molecule has 18 heavy (non-hydrogen) atoms. The Kier molecular flexibility index (Phi) is 3.90. The number of amides is 1. The average molecular weight is 247 g/mol. The lowest BCUT2D eigenvalue weighted by atomic mass is 9.98. The molecule has 0 bridgehead atoms. The Bertz CT molecular complexity index is 440. The van der Waals surface area contributed by atoms with Gasteiger partial charge >= 0.3 is 0 Å². The molecule has 1 aromatic carbocycles. The number of ether oxygens (including phenoxy) is 1. The van der Waals surface area contributed by atoms with Gasteiger partial charge in [-0.25, -0.2) is 0 Å². The highest BCUT2D eigenvalue weighted by molar-refractivity contribution is 5.78. The van der Waals surface area contributed by atoms with E-state index in [2.05, 4.69) is 12.1 Å². The zero-order valence-corrected chi connectivity index (χ0v) is 11.4. The monoisotopic (exact) mass is 247 g/mol. The summed E-state index contributed by atoms with van der Waals surface area (Å²) in [5.74, 6) is 1.21. The molecule has 2 rings (SSSR count). The molecule has 1 heterocycles. The second-order valence-corrected chi connectivity index (χ2v) is 5.03. The minimum Gasteiger partial charge on any atom is -0.494 e. The van der Waals surface area contributed by atoms with E-state index in [1.807, 2.05) is 31.7 Å². The van der Waals surface area contributed by atoms with Gasteiger partial charge in [-0.3, -0.25) is 4.79 Å². The van der Waals surface area contributed by atoms with Crippen molar-refractivity contribution in [3.63, 3.8) is 0 Å². The first-order valence-corrected chi connectivity index (χ1v) is 6.65. The predicted octanol–water partition coefficient (Wildman–Crippen LogP) is 2.63. The van der Waals surface area contributed by atoms with Crippen LogP contribution < -0.4 is 4.74 Å². The molecule has 1 amide bonds. The standard InChI is InChI=1S/C15H21NO2/c1-4-18-14-6-5-12-7-8-16(10-13(12)9-14)15(17)11(2)3/h5-6,9,11H,4,7-8,10H2,1-3H3. The van der Waals surface area contributed by atoms with Gasteiger partial charge in [-0.1, -0.05) is 19.9 Å². The molecule has 1 aromatic rings. The van der Waals surface area contributed by atoms with Gasteiger partial charge in [-0.05, 0) is 36.6 Å². The summed E-state index contributed by atoms with van der Waals surface area (Å²) in [6.45, 7) is 8.11. The largest absolute Gasteiger partial charge is 0.494 e. The smallest absolute Gasteiger partial charge is 0.225 e. The van der Waals surface area contributed by atoms with Gasteiger partial charge in [0.2, 0.25) is 5.91 Å². The third-order valence-electron chi connectivity index (χ3n) is 3.31. The molecule has 3 heteroatoms. The van der Waals surface area contributed by atoms with Crippen molar-refractivity contribution in [1.29, 1.82) is 0 Å². The lowest BCUT2D eigenvalue weighted by Gasteiger charge is -2.30. The van der Waals surface area contributed by atoms with Gasteiger partial charge < -0.3 is 9.64 Å². The van der Waals surface area contributed by atoms with Crippen LogP contribution in [0.2, 0.25) is 0 Å². The van der Waals surface area contributed by atoms with E-state index >= 15 is 0 Å². The molecule has 0 atom stereocenters. The number of carbonyl (C=O) groups excluding carboxylic acids is 1. The molecule has 0 fully saturated rings. The maximum atomic E-state index is 12.0. The van der Waals surface area contributed by atoms with E-state index in [1.165, 1.54) is 11.1 Å². The highest BCUT2D eigenvalue weighted by Crippen LogP contribution is 2.24. The molecule has 1 aliphatic heterocycles. The van der Waals surface area contributed by atoms with Gasteiger partial charge in [0.1, 0.15) is 5.75 Å². The lowest BCUT2D eigenvalue weighted by Crippen LogP contribution is -2.38. The first-order chi connectivity index (χ1) is 8.61. The molecular weight excluding hydrogens is 226 g/mol. The van der Waals surface area contributed by atoms with Crippen molar-refractivity contribution in [2.75, 3.05) is 13.2 Å². The van der Waals surface area contributed by atoms with Crippen molar-refractivity contribution in [3.8, 4) is 5.75 Å². The molecular formula is C15H21NO2. The van der Waals surface area contributed by atoms with Gasteiger partial charge in [0.15, 0.2) is 0 Å². The van der Waals surface area contributed by atoms with Crippen molar-refractivity contribution >= 4 is 5.91 Å². The number of nitrogens with zero attached hydrogens (tertiary/aromatic N) is 1. The van der Waals surface area contributed by atoms with E-state index in [1.54, 1.807) is 0 Å². The highest BCUT2D eigenvalue weighted by atomic mass is 16.5. The van der Waals surface area contributed by atoms with E-state index in [-0.39, 0.29) is 11.8 Å². The first-order valence-electron chi connectivity index (χ1n) is 6.65. The molecule has 0 saturated carbocycles. The van der Waals surface area contributed by atoms with Gasteiger partial charge in [-0.15, -0.1) is 0 Å². The summed E-state index contributed by atoms with van der Waals surface area (Å²) in [6, 6.07) is 6.21. The van der Waals surface area contributed by atoms with E-state index < -0.39 is 0 Å². The third-order valence-corrected chi connectivity index (χ3v) is 3.31. The van der Waals surface area contributed by atoms with Crippen molar-refractivity contribution in [2.45, 2.75) is 33.7 Å². The normalized spacial score (nSPS) is 14.6. The topological polar surface area (TPSA) is 29.5 Å². The molecule has 98 valence electrons. The minimum absolute atomic E-state index is 0.0709. The Balaban J connectivity index is 2.16. The van der Waals surface area contributed by atoms with E-state index in [4.69, 9.17) is 4.74 Å². The van der Waals surface area contributed by atoms with Crippen LogP contribution in [0.4, 0.5) is 0 Å². The third kappa shape index (κ3) is 2.66. The molecule has 0 unspecified atom stereocenters. The van der Waals surface area contributed by atoms with Crippen LogP contribution in [0.5, 0.6) is 5.75 Å². The summed E-state index contributed by atoms with van der Waals surface area (Å²) in [5.41, 5.74) is 2.56. The maximum absolute atomic E-state index is 12.0. The highest BCUT2D eigenvalue weighted by Gasteiger charge is 2.22. The second-order valence-electron chi connectivity index (χ2n) is 5.03. The fourth-order valence-electron chi connectivity index (χ4n) is 2.34. The summed E-state index contributed by atoms with van der Waals surface area (Å²) in [6.07, 6.45) is 0.945. The summed E-state index contributed by atoms with van der Waals surface area (Å²) in [4.78, 5) is 14.0. The van der Waals surface area contributed by atoms with Gasteiger partial charge in [0.25, 0.3) is 0 Å². The molecule has 0 aliphatic carbocycles. The Hall–Kier alpha value is -1.51. The lowest BCUT2D eigenvalue weighted by molar-refractivity contribution is -0.135. The van der Waals surface area contributed by atoms with Crippen LogP contribution in [0.1, 0.15) is 31.9 Å². The van der Waals surface area contributed by atoms with Crippen LogP contribution in [0.25, 0.3) is 0 Å². The summed E-state index contributed by atoms with van der Waals surface area (Å²) < 4.78 is 5.51. The van der Waals surface area contributed by atoms with Crippen molar-refractivity contribution in [2.24, 2.45) is 5.92 Å². The second kappa shape index (κ2) is 5.42. The summed E-state index contributed by atoms with van der Waals surface area (Å²) in [7, 11) is 0. The summed E-state index contributed by atoms with van der Waals surface area (Å²) >= 11 is 0. The van der Waals surface area contributed by atoms with Crippen LogP contribution in [-0.2, 0) is 17.8 Å². The van der Waals surface area contributed by atoms with E-state index in [9.17, 15) is 4.79 Å². The zero-order chi connectivity index (χ0) is 13.1. The number of fused-ring (bicyclic) bond motifs is 1. The minimum atomic E-state index is 0.0709. The van der Waals surface area contributed by atoms with Crippen LogP contribution >= 0.6 is 0 Å². The fourth-order valence-corrected chi connectivity index (χ4v) is 2.34. The maximum Gasteiger partial charge on any atom is 0.225 e. The average Bonchev–Trinajstić information content (AvgIpc) is 2.37. The van der Waals surface area contributed by atoms with Crippen molar-refractivity contribution in [3.05, 3.63) is 29.3 Å². The van der Waals surface area contributed by atoms with Gasteiger partial charge in [0, 0.05) is 19.0 Å². The molecule has 0 radical (unpaired) electrons. The zero-order valence-electron chi connectivity index (χ0n) is 11.4. The molecule has 0 N–H and O–H groups in total. The van der Waals surface area contributed by atoms with Gasteiger partial charge in [-0.2, -0.15) is 0 Å². The van der Waals surface area contributed by atoms with Crippen LogP contribution in [0.15, 0.2) is 18.2 Å². The Morgan fingerprint density at radius 1 is 1.39 bits per heavy atom. The quantitative estimate of drug-likeness (QED) is 0.821. The SMILES string of the molecule is CCOc1ccc2c(c1)CN(C(=O)C(C)C)CC2. The Morgan fingerprint density at radius 3 is 2.83 bits per heavy atom. The number of benzene rings is 1. The van der Waals surface area contributed by atoms with Crippen LogP contribution in [-0.4, -0.2) is 24.0 Å². The molecule has 0 saturated heterocycles. The Labute approximate surface area is 109 Å².